The summed E-state index contributed by atoms with van der Waals surface area (Å²) in [5.41, 5.74) is 0.0648. The summed E-state index contributed by atoms with van der Waals surface area (Å²) >= 11 is 0. The van der Waals surface area contributed by atoms with Gasteiger partial charge in [-0.2, -0.15) is 0 Å². The van der Waals surface area contributed by atoms with Crippen molar-refractivity contribution in [2.24, 2.45) is 0 Å². The molecule has 0 bridgehead atoms. The fourth-order valence-electron chi connectivity index (χ4n) is 2.17. The quantitative estimate of drug-likeness (QED) is 0.368. The molecule has 0 spiro atoms. The summed E-state index contributed by atoms with van der Waals surface area (Å²) in [6.45, 7) is 12.0. The molecule has 0 aliphatic carbocycles. The predicted octanol–water partition coefficient (Wildman–Crippen LogP) is 3.89. The van der Waals surface area contributed by atoms with Crippen molar-refractivity contribution in [3.05, 3.63) is 35.9 Å². The monoisotopic (exact) mass is 423 g/mol. The van der Waals surface area contributed by atoms with Gasteiger partial charge in [-0.3, -0.25) is 4.79 Å². The molecule has 1 aromatic rings. The number of carbonyl (C=O) groups is 3. The van der Waals surface area contributed by atoms with Gasteiger partial charge in [-0.05, 0) is 32.4 Å². The Morgan fingerprint density at radius 2 is 1.66 bits per heavy atom. The van der Waals surface area contributed by atoms with Crippen molar-refractivity contribution in [2.75, 3.05) is 6.61 Å². The van der Waals surface area contributed by atoms with Crippen LogP contribution in [0.5, 0.6) is 0 Å². The third-order valence-electron chi connectivity index (χ3n) is 3.69. The van der Waals surface area contributed by atoms with E-state index in [0.29, 0.717) is 6.61 Å². The lowest BCUT2D eigenvalue weighted by atomic mass is 10.2. The Hall–Kier alpha value is -2.35. The fourth-order valence-corrected chi connectivity index (χ4v) is 2.88. The van der Waals surface area contributed by atoms with Gasteiger partial charge < -0.3 is 19.5 Å². The lowest BCUT2D eigenvalue weighted by molar-refractivity contribution is -0.153. The zero-order valence-electron chi connectivity index (χ0n) is 18.2. The highest BCUT2D eigenvalue weighted by Gasteiger charge is 2.28. The molecule has 0 fully saturated rings. The number of esters is 2. The van der Waals surface area contributed by atoms with E-state index in [2.05, 4.69) is 25.0 Å². The minimum absolute atomic E-state index is 0.0385. The maximum absolute atomic E-state index is 12.5. The third-order valence-corrected chi connectivity index (χ3v) is 5.39. The van der Waals surface area contributed by atoms with Crippen molar-refractivity contribution >= 4 is 26.1 Å². The number of alkyl carbamates (subject to hydrolysis) is 1. The number of hydrogen-bond donors (Lipinski definition) is 1. The first-order chi connectivity index (χ1) is 13.4. The van der Waals surface area contributed by atoms with Crippen LogP contribution in [0.1, 0.15) is 32.8 Å². The lowest BCUT2D eigenvalue weighted by Crippen LogP contribution is -2.45. The van der Waals surface area contributed by atoms with Crippen LogP contribution < -0.4 is 5.32 Å². The van der Waals surface area contributed by atoms with Crippen molar-refractivity contribution < 1.29 is 28.6 Å². The molecule has 0 unspecified atom stereocenters. The second kappa shape index (κ2) is 11.0. The Balaban J connectivity index is 2.69. The number of rotatable bonds is 9. The molecule has 0 aromatic heterocycles. The lowest BCUT2D eigenvalue weighted by Gasteiger charge is -2.23. The van der Waals surface area contributed by atoms with Crippen molar-refractivity contribution in [1.82, 2.24) is 5.32 Å². The zero-order chi connectivity index (χ0) is 22.1. The largest absolute Gasteiger partial charge is 0.466 e. The molecule has 0 aliphatic rings. The summed E-state index contributed by atoms with van der Waals surface area (Å²) in [4.78, 5) is 36.8. The SMILES string of the molecule is CC(C)(C)OC(=O)N[C@@H](CC(=O)OCC[Si](C)(C)C)C(=O)OCc1ccccc1. The predicted molar refractivity (Wildman–Crippen MR) is 113 cm³/mol. The van der Waals surface area contributed by atoms with Crippen molar-refractivity contribution in [3.8, 4) is 0 Å². The minimum atomic E-state index is -1.35. The van der Waals surface area contributed by atoms with E-state index < -0.39 is 37.7 Å². The topological polar surface area (TPSA) is 90.9 Å². The number of benzene rings is 1. The zero-order valence-corrected chi connectivity index (χ0v) is 19.2. The van der Waals surface area contributed by atoms with Crippen LogP contribution >= 0.6 is 0 Å². The normalized spacial score (nSPS) is 12.6. The summed E-state index contributed by atoms with van der Waals surface area (Å²) in [5.74, 6) is -1.29. The number of nitrogens with one attached hydrogen (secondary N) is 1. The molecule has 1 N–H and O–H groups in total. The Bertz CT molecular complexity index is 679. The van der Waals surface area contributed by atoms with E-state index in [9.17, 15) is 14.4 Å². The van der Waals surface area contributed by atoms with E-state index in [1.807, 2.05) is 30.3 Å². The molecule has 8 heteroatoms. The van der Waals surface area contributed by atoms with Gasteiger partial charge in [0.1, 0.15) is 18.2 Å². The van der Waals surface area contributed by atoms with E-state index in [0.717, 1.165) is 11.6 Å². The number of carbonyl (C=O) groups excluding carboxylic acids is 3. The summed E-state index contributed by atoms with van der Waals surface area (Å²) < 4.78 is 15.7. The molecule has 1 amide bonds. The molecule has 0 saturated carbocycles. The Labute approximate surface area is 174 Å². The van der Waals surface area contributed by atoms with Crippen molar-refractivity contribution in [3.63, 3.8) is 0 Å². The second-order valence-corrected chi connectivity index (χ2v) is 14.6. The van der Waals surface area contributed by atoms with Gasteiger partial charge in [0.15, 0.2) is 0 Å². The van der Waals surface area contributed by atoms with Crippen LogP contribution in [-0.4, -0.2) is 44.4 Å². The molecule has 1 rings (SSSR count). The molecule has 7 nitrogen and oxygen atoms in total. The van der Waals surface area contributed by atoms with Gasteiger partial charge in [0, 0.05) is 8.07 Å². The molecular weight excluding hydrogens is 390 g/mol. The highest BCUT2D eigenvalue weighted by molar-refractivity contribution is 6.76. The average Bonchev–Trinajstić information content (AvgIpc) is 2.57. The van der Waals surface area contributed by atoms with Crippen molar-refractivity contribution in [1.29, 1.82) is 0 Å². The highest BCUT2D eigenvalue weighted by Crippen LogP contribution is 2.11. The van der Waals surface area contributed by atoms with Gasteiger partial charge in [-0.15, -0.1) is 0 Å². The summed E-state index contributed by atoms with van der Waals surface area (Å²) in [5, 5.41) is 2.42. The van der Waals surface area contributed by atoms with Gasteiger partial charge in [0.2, 0.25) is 0 Å². The molecule has 162 valence electrons. The third kappa shape index (κ3) is 11.9. The standard InChI is InChI=1S/C21H33NO6Si/c1-21(2,3)28-20(25)22-17(14-18(23)26-12-13-29(4,5)6)19(24)27-15-16-10-8-7-9-11-16/h7-11,17H,12-15H2,1-6H3,(H,22,25)/t17-/m0/s1. The maximum atomic E-state index is 12.5. The van der Waals surface area contributed by atoms with Gasteiger partial charge >= 0.3 is 18.0 Å². The molecule has 0 radical (unpaired) electrons. The van der Waals surface area contributed by atoms with Crippen LogP contribution in [0.25, 0.3) is 0 Å². The number of ether oxygens (including phenoxy) is 3. The van der Waals surface area contributed by atoms with Gasteiger partial charge in [-0.25, -0.2) is 9.59 Å². The summed E-state index contributed by atoms with van der Waals surface area (Å²) in [6, 6.07) is 8.77. The van der Waals surface area contributed by atoms with Crippen LogP contribution in [0.4, 0.5) is 4.79 Å². The average molecular weight is 424 g/mol. The molecule has 29 heavy (non-hydrogen) atoms. The molecule has 0 aliphatic heterocycles. The van der Waals surface area contributed by atoms with E-state index >= 15 is 0 Å². The van der Waals surface area contributed by atoms with Crippen LogP contribution in [0.15, 0.2) is 30.3 Å². The molecule has 0 saturated heterocycles. The summed E-state index contributed by atoms with van der Waals surface area (Å²) in [6.07, 6.45) is -1.12. The van der Waals surface area contributed by atoms with E-state index in [1.165, 1.54) is 0 Å². The molecule has 1 atom stereocenters. The molecule has 0 heterocycles. The Morgan fingerprint density at radius 1 is 1.03 bits per heavy atom. The molecule has 1 aromatic carbocycles. The van der Waals surface area contributed by atoms with Gasteiger partial charge in [0.05, 0.1) is 13.0 Å². The summed E-state index contributed by atoms with van der Waals surface area (Å²) in [7, 11) is -1.35. The smallest absolute Gasteiger partial charge is 0.408 e. The second-order valence-electron chi connectivity index (χ2n) is 9.03. The fraction of sp³-hybridized carbons (Fsp3) is 0.571. The minimum Gasteiger partial charge on any atom is -0.466 e. The van der Waals surface area contributed by atoms with E-state index in [4.69, 9.17) is 14.2 Å². The van der Waals surface area contributed by atoms with E-state index in [-0.39, 0.29) is 13.0 Å². The highest BCUT2D eigenvalue weighted by atomic mass is 28.3. The first kappa shape index (κ1) is 24.7. The number of hydrogen-bond acceptors (Lipinski definition) is 6. The first-order valence-corrected chi connectivity index (χ1v) is 13.4. The molecular formula is C21H33NO6Si. The van der Waals surface area contributed by atoms with Gasteiger partial charge in [0.25, 0.3) is 0 Å². The van der Waals surface area contributed by atoms with Crippen LogP contribution in [0.3, 0.4) is 0 Å². The van der Waals surface area contributed by atoms with Crippen LogP contribution in [0.2, 0.25) is 25.7 Å². The Kier molecular flexibility index (Phi) is 9.36. The van der Waals surface area contributed by atoms with Crippen LogP contribution in [0, 0.1) is 0 Å². The maximum Gasteiger partial charge on any atom is 0.408 e. The van der Waals surface area contributed by atoms with Crippen molar-refractivity contribution in [2.45, 2.75) is 71.1 Å². The first-order valence-electron chi connectivity index (χ1n) is 9.71. The van der Waals surface area contributed by atoms with Gasteiger partial charge in [-0.1, -0.05) is 50.0 Å². The van der Waals surface area contributed by atoms with Crippen LogP contribution in [-0.2, 0) is 30.4 Å². The van der Waals surface area contributed by atoms with E-state index in [1.54, 1.807) is 20.8 Å². The Morgan fingerprint density at radius 3 is 2.21 bits per heavy atom. The number of amides is 1.